The molecule has 0 aliphatic heterocycles. The summed E-state index contributed by atoms with van der Waals surface area (Å²) < 4.78 is 37.2. The molecule has 0 bridgehead atoms. The fourth-order valence-electron chi connectivity index (χ4n) is 2.30. The van der Waals surface area contributed by atoms with Crippen LogP contribution in [0, 0.1) is 10.1 Å². The van der Waals surface area contributed by atoms with Crippen LogP contribution in [0.1, 0.15) is 12.5 Å². The Balaban J connectivity index is 2.04. The van der Waals surface area contributed by atoms with Crippen LogP contribution in [0.25, 0.3) is 0 Å². The van der Waals surface area contributed by atoms with Gasteiger partial charge in [0.05, 0.1) is 36.3 Å². The van der Waals surface area contributed by atoms with Gasteiger partial charge in [-0.3, -0.25) is 14.9 Å². The lowest BCUT2D eigenvalue weighted by atomic mass is 10.2. The average molecular weight is 436 g/mol. The highest BCUT2D eigenvalue weighted by Gasteiger charge is 2.22. The van der Waals surface area contributed by atoms with Gasteiger partial charge in [-0.2, -0.15) is 9.82 Å². The van der Waals surface area contributed by atoms with E-state index in [4.69, 9.17) is 9.47 Å². The molecule has 160 valence electrons. The Bertz CT molecular complexity index is 1050. The highest BCUT2D eigenvalue weighted by molar-refractivity contribution is 7.89. The van der Waals surface area contributed by atoms with E-state index in [1.807, 2.05) is 0 Å². The van der Waals surface area contributed by atoms with Crippen LogP contribution in [0.3, 0.4) is 0 Å². The molecule has 0 saturated heterocycles. The van der Waals surface area contributed by atoms with E-state index < -0.39 is 26.9 Å². The number of sulfonamides is 1. The first-order chi connectivity index (χ1) is 14.2. The Hall–Kier alpha value is -3.51. The van der Waals surface area contributed by atoms with Crippen LogP contribution < -0.4 is 19.6 Å². The highest BCUT2D eigenvalue weighted by Crippen LogP contribution is 2.22. The number of ether oxygens (including phenoxy) is 2. The molecule has 0 aromatic heterocycles. The fourth-order valence-corrected chi connectivity index (χ4v) is 3.51. The second kappa shape index (κ2) is 9.80. The number of nitro benzene ring substituents is 1. The number of non-ortho nitro benzene ring substituents is 1. The molecule has 2 aromatic carbocycles. The van der Waals surface area contributed by atoms with E-state index in [0.717, 1.165) is 24.3 Å². The van der Waals surface area contributed by atoms with Gasteiger partial charge in [0.25, 0.3) is 11.6 Å². The number of nitro groups is 1. The fraction of sp³-hybridized carbons (Fsp3) is 0.222. The number of carbonyl (C=O) groups is 1. The highest BCUT2D eigenvalue weighted by atomic mass is 32.2. The van der Waals surface area contributed by atoms with Crippen molar-refractivity contribution in [1.29, 1.82) is 0 Å². The largest absolute Gasteiger partial charge is 0.497 e. The number of amides is 1. The number of carbonyl (C=O) groups excluding carboxylic acids is 1. The Morgan fingerprint density at radius 2 is 1.83 bits per heavy atom. The van der Waals surface area contributed by atoms with Crippen molar-refractivity contribution in [2.45, 2.75) is 17.9 Å². The van der Waals surface area contributed by atoms with E-state index in [2.05, 4.69) is 15.2 Å². The average Bonchev–Trinajstić information content (AvgIpc) is 2.73. The number of methoxy groups -OCH3 is 2. The summed E-state index contributed by atoms with van der Waals surface area (Å²) in [6.45, 7) is 1.33. The maximum absolute atomic E-state index is 12.3. The monoisotopic (exact) mass is 436 g/mol. The summed E-state index contributed by atoms with van der Waals surface area (Å²) >= 11 is 0. The van der Waals surface area contributed by atoms with E-state index in [1.54, 1.807) is 18.2 Å². The van der Waals surface area contributed by atoms with Crippen molar-refractivity contribution in [3.05, 3.63) is 58.1 Å². The van der Waals surface area contributed by atoms with Crippen LogP contribution in [0.2, 0.25) is 0 Å². The summed E-state index contributed by atoms with van der Waals surface area (Å²) in [6, 6.07) is 8.14. The number of hydrogen-bond donors (Lipinski definition) is 2. The predicted molar refractivity (Wildman–Crippen MR) is 108 cm³/mol. The third-order valence-corrected chi connectivity index (χ3v) is 5.45. The number of hydrazone groups is 1. The van der Waals surface area contributed by atoms with Gasteiger partial charge in [0.2, 0.25) is 10.0 Å². The smallest absolute Gasteiger partial charge is 0.269 e. The summed E-state index contributed by atoms with van der Waals surface area (Å²) in [5.41, 5.74) is 2.53. The molecule has 2 rings (SSSR count). The van der Waals surface area contributed by atoms with Gasteiger partial charge in [-0.1, -0.05) is 0 Å². The second-order valence-electron chi connectivity index (χ2n) is 5.94. The molecule has 0 heterocycles. The van der Waals surface area contributed by atoms with Crippen molar-refractivity contribution < 1.29 is 27.6 Å². The minimum Gasteiger partial charge on any atom is -0.497 e. The lowest BCUT2D eigenvalue weighted by Crippen LogP contribution is -2.43. The van der Waals surface area contributed by atoms with Crippen molar-refractivity contribution >= 4 is 27.8 Å². The Labute approximate surface area is 172 Å². The summed E-state index contributed by atoms with van der Waals surface area (Å²) in [4.78, 5) is 22.0. The Morgan fingerprint density at radius 1 is 1.17 bits per heavy atom. The van der Waals surface area contributed by atoms with Gasteiger partial charge in [0, 0.05) is 17.7 Å². The van der Waals surface area contributed by atoms with Crippen LogP contribution in [0.5, 0.6) is 11.5 Å². The van der Waals surface area contributed by atoms with E-state index in [9.17, 15) is 23.3 Å². The standard InChI is InChI=1S/C18H20N4O7S/c1-12(21-30(26,27)16-7-4-14(5-8-16)22(24)25)18(23)20-19-11-13-10-15(28-2)6-9-17(13)29-3/h4-12,21H,1-3H3,(H,20,23). The van der Waals surface area contributed by atoms with Crippen LogP contribution in [-0.2, 0) is 14.8 Å². The molecule has 0 aliphatic rings. The maximum atomic E-state index is 12.3. The van der Waals surface area contributed by atoms with Gasteiger partial charge < -0.3 is 9.47 Å². The summed E-state index contributed by atoms with van der Waals surface area (Å²) in [6.07, 6.45) is 1.33. The normalized spacial score (nSPS) is 12.4. The lowest BCUT2D eigenvalue weighted by molar-refractivity contribution is -0.384. The molecule has 1 atom stereocenters. The quantitative estimate of drug-likeness (QED) is 0.343. The lowest BCUT2D eigenvalue weighted by Gasteiger charge is -2.12. The molecule has 0 spiro atoms. The molecule has 1 amide bonds. The molecule has 0 radical (unpaired) electrons. The first-order valence-corrected chi connectivity index (χ1v) is 9.98. The number of benzene rings is 2. The van der Waals surface area contributed by atoms with Crippen molar-refractivity contribution in [2.75, 3.05) is 14.2 Å². The second-order valence-corrected chi connectivity index (χ2v) is 7.65. The molecule has 30 heavy (non-hydrogen) atoms. The Morgan fingerprint density at radius 3 is 2.40 bits per heavy atom. The van der Waals surface area contributed by atoms with Crippen LogP contribution in [0.4, 0.5) is 5.69 Å². The van der Waals surface area contributed by atoms with Gasteiger partial charge >= 0.3 is 0 Å². The first-order valence-electron chi connectivity index (χ1n) is 8.49. The van der Waals surface area contributed by atoms with Crippen LogP contribution >= 0.6 is 0 Å². The predicted octanol–water partition coefficient (Wildman–Crippen LogP) is 1.43. The van der Waals surface area contributed by atoms with Crippen LogP contribution in [0.15, 0.2) is 52.5 Å². The summed E-state index contributed by atoms with van der Waals surface area (Å²) in [7, 11) is -1.08. The molecule has 2 aromatic rings. The molecular weight excluding hydrogens is 416 g/mol. The third-order valence-electron chi connectivity index (χ3n) is 3.90. The Kier molecular flexibility index (Phi) is 7.44. The first kappa shape index (κ1) is 22.8. The van der Waals surface area contributed by atoms with Gasteiger partial charge in [-0.25, -0.2) is 13.8 Å². The number of hydrogen-bond acceptors (Lipinski definition) is 8. The van der Waals surface area contributed by atoms with Gasteiger partial charge in [0.15, 0.2) is 0 Å². The third kappa shape index (κ3) is 5.75. The number of nitrogens with one attached hydrogen (secondary N) is 2. The molecule has 0 fully saturated rings. The zero-order chi connectivity index (χ0) is 22.3. The molecular formula is C18H20N4O7S. The van der Waals surface area contributed by atoms with E-state index in [-0.39, 0.29) is 10.6 Å². The van der Waals surface area contributed by atoms with E-state index in [0.29, 0.717) is 17.1 Å². The molecule has 11 nitrogen and oxygen atoms in total. The van der Waals surface area contributed by atoms with Crippen LogP contribution in [-0.4, -0.2) is 45.7 Å². The summed E-state index contributed by atoms with van der Waals surface area (Å²) in [5, 5.41) is 14.5. The number of rotatable bonds is 9. The van der Waals surface area contributed by atoms with Crippen molar-refractivity contribution in [1.82, 2.24) is 10.1 Å². The van der Waals surface area contributed by atoms with Gasteiger partial charge in [-0.15, -0.1) is 0 Å². The zero-order valence-corrected chi connectivity index (χ0v) is 17.2. The molecule has 0 aliphatic carbocycles. The zero-order valence-electron chi connectivity index (χ0n) is 16.4. The SMILES string of the molecule is COc1ccc(OC)c(C=NNC(=O)C(C)NS(=O)(=O)c2ccc([N+](=O)[O-])cc2)c1. The van der Waals surface area contributed by atoms with Gasteiger partial charge in [-0.05, 0) is 37.3 Å². The van der Waals surface area contributed by atoms with E-state index in [1.165, 1.54) is 27.4 Å². The van der Waals surface area contributed by atoms with E-state index >= 15 is 0 Å². The molecule has 0 saturated carbocycles. The van der Waals surface area contributed by atoms with Gasteiger partial charge in [0.1, 0.15) is 11.5 Å². The molecule has 1 unspecified atom stereocenters. The van der Waals surface area contributed by atoms with Crippen molar-refractivity contribution in [3.8, 4) is 11.5 Å². The minimum absolute atomic E-state index is 0.211. The van der Waals surface area contributed by atoms with Crippen molar-refractivity contribution in [2.24, 2.45) is 5.10 Å². The summed E-state index contributed by atoms with van der Waals surface area (Å²) in [5.74, 6) is 0.354. The van der Waals surface area contributed by atoms with Crippen molar-refractivity contribution in [3.63, 3.8) is 0 Å². The molecule has 12 heteroatoms. The topological polar surface area (TPSA) is 149 Å². The molecule has 2 N–H and O–H groups in total. The minimum atomic E-state index is -4.07. The maximum Gasteiger partial charge on any atom is 0.269 e. The number of nitrogens with zero attached hydrogens (tertiary/aromatic N) is 2.